The number of amides is 1. The second-order valence-corrected chi connectivity index (χ2v) is 8.46. The molecule has 0 aliphatic heterocycles. The lowest BCUT2D eigenvalue weighted by Gasteiger charge is -2.26. The number of hydrogen-bond donors (Lipinski definition) is 2. The number of carbonyl (C=O) groups excluding carboxylic acids is 1. The predicted molar refractivity (Wildman–Crippen MR) is 123 cm³/mol. The second-order valence-electron chi connectivity index (χ2n) is 8.46. The number of rotatable bonds is 21. The quantitative estimate of drug-likeness (QED) is 0.241. The van der Waals surface area contributed by atoms with Gasteiger partial charge >= 0.3 is 0 Å². The summed E-state index contributed by atoms with van der Waals surface area (Å²) >= 11 is 0. The van der Waals surface area contributed by atoms with Crippen molar-refractivity contribution in [1.82, 2.24) is 4.90 Å². The monoisotopic (exact) mass is 397 g/mol. The van der Waals surface area contributed by atoms with Crippen molar-refractivity contribution in [3.8, 4) is 0 Å². The Labute approximate surface area is 176 Å². The second kappa shape index (κ2) is 21.1. The summed E-state index contributed by atoms with van der Waals surface area (Å²) < 4.78 is 0. The van der Waals surface area contributed by atoms with Crippen molar-refractivity contribution in [3.63, 3.8) is 0 Å². The Bertz CT molecular complexity index is 336. The van der Waals surface area contributed by atoms with Gasteiger partial charge in [0.15, 0.2) is 0 Å². The highest BCUT2D eigenvalue weighted by Crippen LogP contribution is 2.12. The molecule has 168 valence electrons. The van der Waals surface area contributed by atoms with Gasteiger partial charge in [-0.1, -0.05) is 97.3 Å². The number of nitrogens with zero attached hydrogens (tertiary/aromatic N) is 1. The number of nitrogens with two attached hydrogens (primary N) is 2. The Morgan fingerprint density at radius 3 is 1.54 bits per heavy atom. The van der Waals surface area contributed by atoms with Crippen molar-refractivity contribution < 1.29 is 4.79 Å². The maximum Gasteiger partial charge on any atom is 0.239 e. The van der Waals surface area contributed by atoms with E-state index >= 15 is 0 Å². The zero-order chi connectivity index (χ0) is 20.9. The highest BCUT2D eigenvalue weighted by Gasteiger charge is 2.20. The molecule has 0 rings (SSSR count). The van der Waals surface area contributed by atoms with Crippen LogP contribution in [-0.4, -0.2) is 36.5 Å². The fourth-order valence-electron chi connectivity index (χ4n) is 3.72. The highest BCUT2D eigenvalue weighted by molar-refractivity contribution is 5.81. The first kappa shape index (κ1) is 27.4. The van der Waals surface area contributed by atoms with Crippen LogP contribution in [0.1, 0.15) is 123 Å². The van der Waals surface area contributed by atoms with E-state index in [2.05, 4.69) is 18.7 Å². The third-order valence-corrected chi connectivity index (χ3v) is 5.66. The van der Waals surface area contributed by atoms with Crippen LogP contribution in [0.5, 0.6) is 0 Å². The average molecular weight is 398 g/mol. The van der Waals surface area contributed by atoms with E-state index in [0.717, 1.165) is 45.2 Å². The normalized spacial score (nSPS) is 12.3. The van der Waals surface area contributed by atoms with Gasteiger partial charge in [0.1, 0.15) is 0 Å². The SMILES string of the molecule is CCCCCCCCCCN(CCCCCCCC)C(=O)[C@@H](N)CCCCN. The zero-order valence-electron chi connectivity index (χ0n) is 19.2. The van der Waals surface area contributed by atoms with Gasteiger partial charge in [-0.2, -0.15) is 0 Å². The first-order chi connectivity index (χ1) is 13.7. The molecule has 0 fully saturated rings. The Morgan fingerprint density at radius 2 is 1.11 bits per heavy atom. The van der Waals surface area contributed by atoms with E-state index < -0.39 is 0 Å². The van der Waals surface area contributed by atoms with Crippen LogP contribution in [0.3, 0.4) is 0 Å². The molecule has 0 unspecified atom stereocenters. The number of unbranched alkanes of at least 4 members (excludes halogenated alkanes) is 13. The molecule has 28 heavy (non-hydrogen) atoms. The third kappa shape index (κ3) is 16.4. The topological polar surface area (TPSA) is 72.3 Å². The molecule has 0 bridgehead atoms. The van der Waals surface area contributed by atoms with Crippen LogP contribution in [0.4, 0.5) is 0 Å². The minimum Gasteiger partial charge on any atom is -0.341 e. The summed E-state index contributed by atoms with van der Waals surface area (Å²) in [5.41, 5.74) is 11.8. The van der Waals surface area contributed by atoms with Gasteiger partial charge in [-0.3, -0.25) is 4.79 Å². The Hall–Kier alpha value is -0.610. The largest absolute Gasteiger partial charge is 0.341 e. The zero-order valence-corrected chi connectivity index (χ0v) is 19.2. The predicted octanol–water partition coefficient (Wildman–Crippen LogP) is 5.77. The molecule has 4 nitrogen and oxygen atoms in total. The van der Waals surface area contributed by atoms with Crippen LogP contribution in [0.15, 0.2) is 0 Å². The maximum atomic E-state index is 12.8. The fourth-order valence-corrected chi connectivity index (χ4v) is 3.72. The van der Waals surface area contributed by atoms with Crippen molar-refractivity contribution in [1.29, 1.82) is 0 Å². The molecule has 0 spiro atoms. The van der Waals surface area contributed by atoms with Gasteiger partial charge in [-0.15, -0.1) is 0 Å². The molecule has 0 heterocycles. The van der Waals surface area contributed by atoms with Crippen LogP contribution in [0, 0.1) is 0 Å². The van der Waals surface area contributed by atoms with E-state index in [0.29, 0.717) is 6.54 Å². The standard InChI is InChI=1S/C24H51N3O/c1-3-5-7-9-11-12-14-18-22-27(21-17-13-10-8-6-4-2)24(28)23(26)19-15-16-20-25/h23H,3-22,25-26H2,1-2H3/t23-/m0/s1. The van der Waals surface area contributed by atoms with E-state index in [1.165, 1.54) is 77.0 Å². The van der Waals surface area contributed by atoms with Gasteiger partial charge in [0.05, 0.1) is 6.04 Å². The lowest BCUT2D eigenvalue weighted by atomic mass is 10.1. The molecule has 0 aromatic heterocycles. The molecule has 1 amide bonds. The lowest BCUT2D eigenvalue weighted by molar-refractivity contribution is -0.133. The lowest BCUT2D eigenvalue weighted by Crippen LogP contribution is -2.44. The van der Waals surface area contributed by atoms with Gasteiger partial charge in [0.2, 0.25) is 5.91 Å². The fraction of sp³-hybridized carbons (Fsp3) is 0.958. The summed E-state index contributed by atoms with van der Waals surface area (Å²) in [7, 11) is 0. The van der Waals surface area contributed by atoms with Crippen molar-refractivity contribution in [2.45, 2.75) is 129 Å². The third-order valence-electron chi connectivity index (χ3n) is 5.66. The van der Waals surface area contributed by atoms with Crippen LogP contribution in [-0.2, 0) is 4.79 Å². The van der Waals surface area contributed by atoms with E-state index in [9.17, 15) is 4.79 Å². The van der Waals surface area contributed by atoms with Gasteiger partial charge in [-0.25, -0.2) is 0 Å². The van der Waals surface area contributed by atoms with Gasteiger partial charge in [0, 0.05) is 13.1 Å². The molecular formula is C24H51N3O. The molecule has 4 heteroatoms. The van der Waals surface area contributed by atoms with E-state index in [1.54, 1.807) is 0 Å². The van der Waals surface area contributed by atoms with Gasteiger partial charge in [0.25, 0.3) is 0 Å². The Kier molecular flexibility index (Phi) is 20.6. The molecule has 0 radical (unpaired) electrons. The van der Waals surface area contributed by atoms with Crippen molar-refractivity contribution >= 4 is 5.91 Å². The van der Waals surface area contributed by atoms with Crippen LogP contribution >= 0.6 is 0 Å². The summed E-state index contributed by atoms with van der Waals surface area (Å²) in [6.45, 7) is 6.95. The number of carbonyl (C=O) groups is 1. The first-order valence-corrected chi connectivity index (χ1v) is 12.4. The van der Waals surface area contributed by atoms with Crippen LogP contribution < -0.4 is 11.5 Å². The molecule has 4 N–H and O–H groups in total. The summed E-state index contributed by atoms with van der Waals surface area (Å²) in [5.74, 6) is 0.161. The van der Waals surface area contributed by atoms with Crippen LogP contribution in [0.25, 0.3) is 0 Å². The molecular weight excluding hydrogens is 346 g/mol. The molecule has 0 aliphatic rings. The minimum absolute atomic E-state index is 0.161. The minimum atomic E-state index is -0.347. The van der Waals surface area contributed by atoms with Crippen molar-refractivity contribution in [3.05, 3.63) is 0 Å². The molecule has 0 saturated carbocycles. The summed E-state index contributed by atoms with van der Waals surface area (Å²) in [6, 6.07) is -0.347. The summed E-state index contributed by atoms with van der Waals surface area (Å²) in [6.07, 6.45) is 20.6. The molecule has 0 aliphatic carbocycles. The molecule has 0 aromatic carbocycles. The maximum absolute atomic E-state index is 12.8. The van der Waals surface area contributed by atoms with E-state index in [1.807, 2.05) is 0 Å². The van der Waals surface area contributed by atoms with E-state index in [4.69, 9.17) is 11.5 Å². The summed E-state index contributed by atoms with van der Waals surface area (Å²) in [4.78, 5) is 14.9. The van der Waals surface area contributed by atoms with Crippen molar-refractivity contribution in [2.75, 3.05) is 19.6 Å². The molecule has 1 atom stereocenters. The Balaban J connectivity index is 4.17. The van der Waals surface area contributed by atoms with E-state index in [-0.39, 0.29) is 11.9 Å². The average Bonchev–Trinajstić information content (AvgIpc) is 2.70. The van der Waals surface area contributed by atoms with Gasteiger partial charge < -0.3 is 16.4 Å². The Morgan fingerprint density at radius 1 is 0.679 bits per heavy atom. The van der Waals surface area contributed by atoms with Gasteiger partial charge in [-0.05, 0) is 32.2 Å². The van der Waals surface area contributed by atoms with Crippen LogP contribution in [0.2, 0.25) is 0 Å². The smallest absolute Gasteiger partial charge is 0.239 e. The molecule has 0 aromatic rings. The van der Waals surface area contributed by atoms with Crippen molar-refractivity contribution in [2.24, 2.45) is 11.5 Å². The highest BCUT2D eigenvalue weighted by atomic mass is 16.2. The molecule has 0 saturated heterocycles. The number of hydrogen-bond acceptors (Lipinski definition) is 3. The first-order valence-electron chi connectivity index (χ1n) is 12.4. The summed E-state index contributed by atoms with van der Waals surface area (Å²) in [5, 5.41) is 0.